The van der Waals surface area contributed by atoms with Gasteiger partial charge in [0.05, 0.1) is 6.61 Å². The Morgan fingerprint density at radius 3 is 2.19 bits per heavy atom. The molecule has 0 spiro atoms. The highest BCUT2D eigenvalue weighted by molar-refractivity contribution is 6.03. The molecule has 3 aromatic rings. The van der Waals surface area contributed by atoms with E-state index in [1.54, 1.807) is 24.3 Å². The fourth-order valence-electron chi connectivity index (χ4n) is 2.31. The van der Waals surface area contributed by atoms with E-state index in [9.17, 15) is 4.79 Å². The highest BCUT2D eigenvalue weighted by Crippen LogP contribution is 2.19. The standard InChI is InChI=1S/C20H20N4O2/c1-3-26-17-10-8-16(9-11-17)21-18-12-13-19(24-23-18)22-20(25)15-6-4-14(2)5-7-15/h4-13H,3H2,1-2H3,(H,21,23)(H,22,24,25). The molecular weight excluding hydrogens is 328 g/mol. The summed E-state index contributed by atoms with van der Waals surface area (Å²) in [7, 11) is 0. The average molecular weight is 348 g/mol. The van der Waals surface area contributed by atoms with Crippen LogP contribution in [0.1, 0.15) is 22.8 Å². The minimum Gasteiger partial charge on any atom is -0.494 e. The summed E-state index contributed by atoms with van der Waals surface area (Å²) in [5, 5.41) is 14.0. The van der Waals surface area contributed by atoms with Gasteiger partial charge in [0.15, 0.2) is 11.6 Å². The Labute approximate surface area is 152 Å². The lowest BCUT2D eigenvalue weighted by atomic mass is 10.1. The van der Waals surface area contributed by atoms with E-state index in [1.807, 2.05) is 50.2 Å². The first kappa shape index (κ1) is 17.4. The number of carbonyl (C=O) groups excluding carboxylic acids is 1. The minimum absolute atomic E-state index is 0.216. The van der Waals surface area contributed by atoms with Crippen molar-refractivity contribution in [1.29, 1.82) is 0 Å². The molecule has 0 aliphatic carbocycles. The first-order chi connectivity index (χ1) is 12.6. The van der Waals surface area contributed by atoms with Crippen molar-refractivity contribution in [3.05, 3.63) is 71.8 Å². The summed E-state index contributed by atoms with van der Waals surface area (Å²) in [5.74, 6) is 1.58. The second kappa shape index (κ2) is 8.11. The van der Waals surface area contributed by atoms with Crippen molar-refractivity contribution in [3.8, 4) is 5.75 Å². The lowest BCUT2D eigenvalue weighted by molar-refractivity contribution is 0.102. The summed E-state index contributed by atoms with van der Waals surface area (Å²) in [4.78, 5) is 12.2. The summed E-state index contributed by atoms with van der Waals surface area (Å²) in [5.41, 5.74) is 2.55. The molecule has 2 aromatic carbocycles. The normalized spacial score (nSPS) is 10.2. The number of rotatable bonds is 6. The zero-order valence-electron chi connectivity index (χ0n) is 14.7. The van der Waals surface area contributed by atoms with Crippen molar-refractivity contribution >= 4 is 23.2 Å². The van der Waals surface area contributed by atoms with Gasteiger partial charge in [0.25, 0.3) is 5.91 Å². The smallest absolute Gasteiger partial charge is 0.256 e. The van der Waals surface area contributed by atoms with Crippen molar-refractivity contribution in [2.75, 3.05) is 17.2 Å². The Morgan fingerprint density at radius 1 is 0.923 bits per heavy atom. The molecule has 0 atom stereocenters. The van der Waals surface area contributed by atoms with Crippen LogP contribution in [0.15, 0.2) is 60.7 Å². The fourth-order valence-corrected chi connectivity index (χ4v) is 2.31. The van der Waals surface area contributed by atoms with Crippen LogP contribution in [0.2, 0.25) is 0 Å². The molecule has 6 heteroatoms. The third-order valence-corrected chi connectivity index (χ3v) is 3.66. The number of hydrogen-bond acceptors (Lipinski definition) is 5. The van der Waals surface area contributed by atoms with Gasteiger partial charge in [-0.1, -0.05) is 17.7 Å². The zero-order chi connectivity index (χ0) is 18.4. The minimum atomic E-state index is -0.216. The lowest BCUT2D eigenvalue weighted by Crippen LogP contribution is -2.13. The van der Waals surface area contributed by atoms with Crippen molar-refractivity contribution < 1.29 is 9.53 Å². The van der Waals surface area contributed by atoms with E-state index in [0.29, 0.717) is 23.8 Å². The Kier molecular flexibility index (Phi) is 5.43. The number of carbonyl (C=O) groups is 1. The monoisotopic (exact) mass is 348 g/mol. The molecule has 0 saturated carbocycles. The Balaban J connectivity index is 1.61. The van der Waals surface area contributed by atoms with Crippen molar-refractivity contribution in [2.24, 2.45) is 0 Å². The number of nitrogens with zero attached hydrogens (tertiary/aromatic N) is 2. The highest BCUT2D eigenvalue weighted by atomic mass is 16.5. The van der Waals surface area contributed by atoms with Gasteiger partial charge in [-0.2, -0.15) is 0 Å². The molecule has 1 amide bonds. The van der Waals surface area contributed by atoms with E-state index in [4.69, 9.17) is 4.74 Å². The van der Waals surface area contributed by atoms with Crippen LogP contribution in [-0.2, 0) is 0 Å². The molecule has 26 heavy (non-hydrogen) atoms. The number of aromatic nitrogens is 2. The molecule has 0 saturated heterocycles. The van der Waals surface area contributed by atoms with Crippen LogP contribution in [-0.4, -0.2) is 22.7 Å². The average Bonchev–Trinajstić information content (AvgIpc) is 2.66. The van der Waals surface area contributed by atoms with Crippen LogP contribution >= 0.6 is 0 Å². The Hall–Kier alpha value is -3.41. The molecular formula is C20H20N4O2. The lowest BCUT2D eigenvalue weighted by Gasteiger charge is -2.08. The van der Waals surface area contributed by atoms with Crippen LogP contribution in [0, 0.1) is 6.92 Å². The van der Waals surface area contributed by atoms with Crippen molar-refractivity contribution in [2.45, 2.75) is 13.8 Å². The number of benzene rings is 2. The molecule has 0 unspecified atom stereocenters. The maximum absolute atomic E-state index is 12.2. The van der Waals surface area contributed by atoms with Gasteiger partial charge < -0.3 is 15.4 Å². The number of ether oxygens (including phenoxy) is 1. The van der Waals surface area contributed by atoms with Crippen molar-refractivity contribution in [3.63, 3.8) is 0 Å². The van der Waals surface area contributed by atoms with E-state index in [1.165, 1.54) is 0 Å². The molecule has 6 nitrogen and oxygen atoms in total. The zero-order valence-corrected chi connectivity index (χ0v) is 14.7. The second-order valence-corrected chi connectivity index (χ2v) is 5.71. The maximum atomic E-state index is 12.2. The SMILES string of the molecule is CCOc1ccc(Nc2ccc(NC(=O)c3ccc(C)cc3)nn2)cc1. The van der Waals surface area contributed by atoms with Crippen LogP contribution in [0.5, 0.6) is 5.75 Å². The molecule has 0 aliphatic heterocycles. The second-order valence-electron chi connectivity index (χ2n) is 5.71. The molecule has 1 heterocycles. The van der Waals surface area contributed by atoms with Gasteiger partial charge in [-0.05, 0) is 62.4 Å². The number of amides is 1. The van der Waals surface area contributed by atoms with Gasteiger partial charge in [0.1, 0.15) is 5.75 Å². The predicted octanol–water partition coefficient (Wildman–Crippen LogP) is 4.18. The Morgan fingerprint density at radius 2 is 1.58 bits per heavy atom. The summed E-state index contributed by atoms with van der Waals surface area (Å²) in [6, 6.07) is 18.4. The van der Waals surface area contributed by atoms with Gasteiger partial charge >= 0.3 is 0 Å². The largest absolute Gasteiger partial charge is 0.494 e. The number of hydrogen-bond donors (Lipinski definition) is 2. The van der Waals surface area contributed by atoms with E-state index >= 15 is 0 Å². The summed E-state index contributed by atoms with van der Waals surface area (Å²) in [6.07, 6.45) is 0. The Bertz CT molecular complexity index is 860. The molecule has 132 valence electrons. The first-order valence-corrected chi connectivity index (χ1v) is 8.35. The molecule has 0 radical (unpaired) electrons. The summed E-state index contributed by atoms with van der Waals surface area (Å²) in [6.45, 7) is 4.55. The first-order valence-electron chi connectivity index (χ1n) is 8.35. The summed E-state index contributed by atoms with van der Waals surface area (Å²) >= 11 is 0. The number of aryl methyl sites for hydroxylation is 1. The van der Waals surface area contributed by atoms with E-state index in [-0.39, 0.29) is 5.91 Å². The van der Waals surface area contributed by atoms with Crippen LogP contribution in [0.4, 0.5) is 17.3 Å². The fraction of sp³-hybridized carbons (Fsp3) is 0.150. The van der Waals surface area contributed by atoms with Gasteiger partial charge in [-0.25, -0.2) is 0 Å². The third kappa shape index (κ3) is 4.57. The molecule has 0 bridgehead atoms. The number of nitrogens with one attached hydrogen (secondary N) is 2. The number of anilines is 3. The van der Waals surface area contributed by atoms with Crippen LogP contribution in [0.25, 0.3) is 0 Å². The molecule has 2 N–H and O–H groups in total. The molecule has 1 aromatic heterocycles. The van der Waals surface area contributed by atoms with E-state index < -0.39 is 0 Å². The molecule has 0 aliphatic rings. The van der Waals surface area contributed by atoms with Gasteiger partial charge in [0, 0.05) is 11.3 Å². The van der Waals surface area contributed by atoms with Crippen molar-refractivity contribution in [1.82, 2.24) is 10.2 Å². The van der Waals surface area contributed by atoms with Crippen LogP contribution in [0.3, 0.4) is 0 Å². The van der Waals surface area contributed by atoms with Gasteiger partial charge in [0.2, 0.25) is 0 Å². The quantitative estimate of drug-likeness (QED) is 0.699. The van der Waals surface area contributed by atoms with Gasteiger partial charge in [-0.3, -0.25) is 4.79 Å². The van der Waals surface area contributed by atoms with Gasteiger partial charge in [-0.15, -0.1) is 10.2 Å². The predicted molar refractivity (Wildman–Crippen MR) is 102 cm³/mol. The third-order valence-electron chi connectivity index (χ3n) is 3.66. The molecule has 0 fully saturated rings. The maximum Gasteiger partial charge on any atom is 0.256 e. The van der Waals surface area contributed by atoms with E-state index in [2.05, 4.69) is 20.8 Å². The summed E-state index contributed by atoms with van der Waals surface area (Å²) < 4.78 is 5.41. The topological polar surface area (TPSA) is 76.1 Å². The molecule has 3 rings (SSSR count). The van der Waals surface area contributed by atoms with E-state index in [0.717, 1.165) is 17.0 Å². The highest BCUT2D eigenvalue weighted by Gasteiger charge is 2.07. The van der Waals surface area contributed by atoms with Crippen LogP contribution < -0.4 is 15.4 Å².